The molecule has 1 radical (unpaired) electrons. The van der Waals surface area contributed by atoms with Crippen molar-refractivity contribution >= 4 is 6.47 Å². The molecule has 0 aliphatic rings. The molecule has 51 valence electrons. The Balaban J connectivity index is 3.14. The van der Waals surface area contributed by atoms with Crippen molar-refractivity contribution in [1.82, 2.24) is 0 Å². The molecular weight excluding hydrogens is 120 g/mol. The van der Waals surface area contributed by atoms with Crippen LogP contribution in [0, 0.1) is 0 Å². The second kappa shape index (κ2) is 5.31. The van der Waals surface area contributed by atoms with E-state index in [4.69, 9.17) is 4.74 Å². The number of carbonyl (C=O) groups excluding carboxylic acids is 1. The Morgan fingerprint density at radius 1 is 1.89 bits per heavy atom. The highest BCUT2D eigenvalue weighted by atomic mass is 16.7. The maximum atomic E-state index is 9.53. The van der Waals surface area contributed by atoms with Gasteiger partial charge in [0.05, 0.1) is 6.61 Å². The molecule has 0 aromatic carbocycles. The summed E-state index contributed by atoms with van der Waals surface area (Å²) in [5.74, 6) is 0. The summed E-state index contributed by atoms with van der Waals surface area (Å²) in [7, 11) is 0. The lowest BCUT2D eigenvalue weighted by Crippen LogP contribution is -2.11. The van der Waals surface area contributed by atoms with Crippen LogP contribution in [0.1, 0.15) is 6.92 Å². The normalized spacial score (nSPS) is 12.1. The first-order valence-electron chi connectivity index (χ1n) is 2.56. The topological polar surface area (TPSA) is 35.5 Å². The molecule has 0 spiro atoms. The van der Waals surface area contributed by atoms with Crippen LogP contribution in [-0.4, -0.2) is 19.4 Å². The Hall–Kier alpha value is -0.830. The molecule has 0 aromatic heterocycles. The first kappa shape index (κ1) is 8.17. The van der Waals surface area contributed by atoms with Gasteiger partial charge in [0.2, 0.25) is 6.29 Å². The largest absolute Gasteiger partial charge is 0.428 e. The van der Waals surface area contributed by atoms with Crippen molar-refractivity contribution in [2.45, 2.75) is 13.2 Å². The third-order valence-corrected chi connectivity index (χ3v) is 0.663. The Morgan fingerprint density at radius 2 is 2.56 bits per heavy atom. The smallest absolute Gasteiger partial charge is 0.419 e. The summed E-state index contributed by atoms with van der Waals surface area (Å²) in [6.45, 7) is 6.66. The van der Waals surface area contributed by atoms with Gasteiger partial charge in [0.15, 0.2) is 0 Å². The maximum absolute atomic E-state index is 9.53. The summed E-state index contributed by atoms with van der Waals surface area (Å²) in [6, 6.07) is 0. The molecule has 0 bridgehead atoms. The zero-order valence-corrected chi connectivity index (χ0v) is 5.29. The van der Waals surface area contributed by atoms with Crippen molar-refractivity contribution < 1.29 is 14.3 Å². The van der Waals surface area contributed by atoms with Crippen LogP contribution < -0.4 is 0 Å². The van der Waals surface area contributed by atoms with E-state index < -0.39 is 6.29 Å². The fourth-order valence-electron chi connectivity index (χ4n) is 0.305. The molecule has 3 nitrogen and oxygen atoms in total. The van der Waals surface area contributed by atoms with Crippen molar-refractivity contribution in [3.63, 3.8) is 0 Å². The molecule has 1 unspecified atom stereocenters. The summed E-state index contributed by atoms with van der Waals surface area (Å²) >= 11 is 0. The van der Waals surface area contributed by atoms with E-state index in [0.717, 1.165) is 0 Å². The van der Waals surface area contributed by atoms with Gasteiger partial charge in [-0.05, 0) is 6.92 Å². The summed E-state index contributed by atoms with van der Waals surface area (Å²) in [6.07, 6.45) is 1.05. The fraction of sp³-hybridized carbons (Fsp3) is 0.500. The Bertz CT molecular complexity index is 90.3. The molecule has 0 fully saturated rings. The third kappa shape index (κ3) is 5.03. The van der Waals surface area contributed by atoms with Gasteiger partial charge in [-0.3, -0.25) is 0 Å². The highest BCUT2D eigenvalue weighted by Gasteiger charge is 1.97. The summed E-state index contributed by atoms with van der Waals surface area (Å²) in [5.41, 5.74) is 0. The van der Waals surface area contributed by atoms with Gasteiger partial charge in [0.1, 0.15) is 0 Å². The number of ether oxygens (including phenoxy) is 2. The minimum Gasteiger partial charge on any atom is -0.428 e. The van der Waals surface area contributed by atoms with Crippen LogP contribution in [0.3, 0.4) is 0 Å². The average Bonchev–Trinajstić information content (AvgIpc) is 1.85. The molecule has 0 saturated heterocycles. The van der Waals surface area contributed by atoms with Gasteiger partial charge in [0.25, 0.3) is 0 Å². The van der Waals surface area contributed by atoms with Crippen LogP contribution in [-0.2, 0) is 14.3 Å². The molecular formula is C6H9O3. The number of hydrogen-bond donors (Lipinski definition) is 0. The Morgan fingerprint density at radius 3 is 3.00 bits per heavy atom. The van der Waals surface area contributed by atoms with Crippen LogP contribution in [0.2, 0.25) is 0 Å². The second-order valence-electron chi connectivity index (χ2n) is 1.39. The standard InChI is InChI=1S/C6H9O3/c1-3-4-8-6(2)9-5-7/h3,6H,1,4H2,2H3. The van der Waals surface area contributed by atoms with Crippen molar-refractivity contribution in [2.24, 2.45) is 0 Å². The Labute approximate surface area is 54.3 Å². The fourth-order valence-corrected chi connectivity index (χ4v) is 0.305. The minimum absolute atomic E-state index is 0.378. The summed E-state index contributed by atoms with van der Waals surface area (Å²) in [5, 5.41) is 0. The number of rotatable bonds is 5. The third-order valence-electron chi connectivity index (χ3n) is 0.663. The molecule has 3 heteroatoms. The lowest BCUT2D eigenvalue weighted by Gasteiger charge is -2.06. The van der Waals surface area contributed by atoms with E-state index in [2.05, 4.69) is 11.3 Å². The molecule has 0 saturated carbocycles. The second-order valence-corrected chi connectivity index (χ2v) is 1.39. The highest BCUT2D eigenvalue weighted by Crippen LogP contribution is 1.89. The van der Waals surface area contributed by atoms with E-state index in [1.54, 1.807) is 13.0 Å². The van der Waals surface area contributed by atoms with Crippen LogP contribution in [0.4, 0.5) is 0 Å². The minimum atomic E-state index is -0.527. The highest BCUT2D eigenvalue weighted by molar-refractivity contribution is 5.38. The van der Waals surface area contributed by atoms with E-state index >= 15 is 0 Å². The molecule has 0 amide bonds. The van der Waals surface area contributed by atoms with E-state index in [1.165, 1.54) is 6.47 Å². The van der Waals surface area contributed by atoms with Crippen LogP contribution in [0.5, 0.6) is 0 Å². The first-order valence-corrected chi connectivity index (χ1v) is 2.56. The molecule has 0 aliphatic carbocycles. The van der Waals surface area contributed by atoms with Crippen LogP contribution in [0.25, 0.3) is 0 Å². The molecule has 0 aliphatic heterocycles. The van der Waals surface area contributed by atoms with Gasteiger partial charge in [-0.15, -0.1) is 6.58 Å². The lowest BCUT2D eigenvalue weighted by molar-refractivity contribution is -0.0644. The lowest BCUT2D eigenvalue weighted by atomic mass is 10.7. The van der Waals surface area contributed by atoms with Gasteiger partial charge in [-0.2, -0.15) is 0 Å². The molecule has 0 heterocycles. The molecule has 9 heavy (non-hydrogen) atoms. The van der Waals surface area contributed by atoms with E-state index in [-0.39, 0.29) is 0 Å². The van der Waals surface area contributed by atoms with Gasteiger partial charge < -0.3 is 9.47 Å². The molecule has 0 rings (SSSR count). The van der Waals surface area contributed by atoms with Crippen molar-refractivity contribution in [1.29, 1.82) is 0 Å². The predicted octanol–water partition coefficient (Wildman–Crippen LogP) is 0.619. The van der Waals surface area contributed by atoms with Gasteiger partial charge in [0, 0.05) is 0 Å². The van der Waals surface area contributed by atoms with Crippen molar-refractivity contribution in [3.8, 4) is 0 Å². The molecule has 1 atom stereocenters. The quantitative estimate of drug-likeness (QED) is 0.403. The van der Waals surface area contributed by atoms with Crippen LogP contribution >= 0.6 is 0 Å². The Kier molecular flexibility index (Phi) is 4.82. The SMILES string of the molecule is C=CCOC(C)O[C]=O. The number of hydrogen-bond acceptors (Lipinski definition) is 3. The first-order chi connectivity index (χ1) is 4.31. The predicted molar refractivity (Wildman–Crippen MR) is 32.4 cm³/mol. The maximum Gasteiger partial charge on any atom is 0.419 e. The van der Waals surface area contributed by atoms with Gasteiger partial charge in [-0.1, -0.05) is 6.08 Å². The monoisotopic (exact) mass is 129 g/mol. The van der Waals surface area contributed by atoms with Crippen molar-refractivity contribution in [3.05, 3.63) is 12.7 Å². The van der Waals surface area contributed by atoms with E-state index in [0.29, 0.717) is 6.61 Å². The molecule has 0 N–H and O–H groups in total. The zero-order chi connectivity index (χ0) is 7.11. The van der Waals surface area contributed by atoms with Crippen LogP contribution in [0.15, 0.2) is 12.7 Å². The summed E-state index contributed by atoms with van der Waals surface area (Å²) < 4.78 is 9.10. The van der Waals surface area contributed by atoms with E-state index in [9.17, 15) is 4.79 Å². The van der Waals surface area contributed by atoms with Crippen molar-refractivity contribution in [2.75, 3.05) is 6.61 Å². The summed E-state index contributed by atoms with van der Waals surface area (Å²) in [4.78, 5) is 9.53. The van der Waals surface area contributed by atoms with Gasteiger partial charge >= 0.3 is 6.47 Å². The zero-order valence-electron chi connectivity index (χ0n) is 5.29. The molecule has 0 aromatic rings. The van der Waals surface area contributed by atoms with Gasteiger partial charge in [-0.25, -0.2) is 4.79 Å². The average molecular weight is 129 g/mol. The van der Waals surface area contributed by atoms with E-state index in [1.807, 2.05) is 0 Å².